The molecule has 0 aliphatic rings. The molecule has 100 valence electrons. The standard InChI is InChI=1S/C10H6F3N3O3/c11-10(12,13)5-1-2-6(7(4-14)9(15)17)8(3-5)16(18)19/h1-3,7H,(H2,15,17). The zero-order valence-electron chi connectivity index (χ0n) is 9.14. The van der Waals surface area contributed by atoms with Gasteiger partial charge < -0.3 is 5.73 Å². The van der Waals surface area contributed by atoms with Gasteiger partial charge in [0.15, 0.2) is 5.92 Å². The van der Waals surface area contributed by atoms with Crippen LogP contribution >= 0.6 is 0 Å². The average Bonchev–Trinajstić information content (AvgIpc) is 2.28. The highest BCUT2D eigenvalue weighted by atomic mass is 19.4. The highest BCUT2D eigenvalue weighted by molar-refractivity contribution is 5.86. The smallest absolute Gasteiger partial charge is 0.368 e. The van der Waals surface area contributed by atoms with Crippen molar-refractivity contribution in [3.63, 3.8) is 0 Å². The molecule has 0 radical (unpaired) electrons. The van der Waals surface area contributed by atoms with Gasteiger partial charge in [0, 0.05) is 6.07 Å². The summed E-state index contributed by atoms with van der Waals surface area (Å²) in [4.78, 5) is 20.6. The van der Waals surface area contributed by atoms with E-state index in [1.165, 1.54) is 6.07 Å². The number of amides is 1. The Morgan fingerprint density at radius 3 is 2.42 bits per heavy atom. The van der Waals surface area contributed by atoms with Gasteiger partial charge in [-0.2, -0.15) is 18.4 Å². The van der Waals surface area contributed by atoms with Crippen LogP contribution in [0.2, 0.25) is 0 Å². The number of nitriles is 1. The number of carbonyl (C=O) groups is 1. The van der Waals surface area contributed by atoms with Crippen LogP contribution in [0.25, 0.3) is 0 Å². The van der Waals surface area contributed by atoms with Gasteiger partial charge in [0.1, 0.15) is 0 Å². The van der Waals surface area contributed by atoms with E-state index >= 15 is 0 Å². The Hall–Kier alpha value is -2.63. The predicted octanol–water partition coefficient (Wildman–Crippen LogP) is 1.71. The molecule has 0 saturated heterocycles. The topological polar surface area (TPSA) is 110 Å². The lowest BCUT2D eigenvalue weighted by Gasteiger charge is -2.10. The fourth-order valence-electron chi connectivity index (χ4n) is 1.41. The third kappa shape index (κ3) is 2.98. The van der Waals surface area contributed by atoms with Crippen molar-refractivity contribution in [2.24, 2.45) is 5.73 Å². The van der Waals surface area contributed by atoms with Gasteiger partial charge in [-0.3, -0.25) is 14.9 Å². The molecular formula is C10H6F3N3O3. The monoisotopic (exact) mass is 273 g/mol. The third-order valence-corrected chi connectivity index (χ3v) is 2.28. The van der Waals surface area contributed by atoms with E-state index in [4.69, 9.17) is 11.0 Å². The first-order valence-corrected chi connectivity index (χ1v) is 4.73. The minimum atomic E-state index is -4.77. The van der Waals surface area contributed by atoms with Crippen molar-refractivity contribution in [1.29, 1.82) is 5.26 Å². The normalized spacial score (nSPS) is 12.5. The summed E-state index contributed by atoms with van der Waals surface area (Å²) in [6.07, 6.45) is -4.77. The maximum absolute atomic E-state index is 12.4. The predicted molar refractivity (Wildman–Crippen MR) is 55.6 cm³/mol. The summed E-state index contributed by atoms with van der Waals surface area (Å²) in [5, 5.41) is 19.4. The molecule has 1 aromatic rings. The first-order chi connectivity index (χ1) is 8.68. The van der Waals surface area contributed by atoms with Gasteiger partial charge >= 0.3 is 6.18 Å². The van der Waals surface area contributed by atoms with Gasteiger partial charge in [0.05, 0.1) is 22.1 Å². The molecule has 0 heterocycles. The number of primary amides is 1. The van der Waals surface area contributed by atoms with Crippen molar-refractivity contribution in [3.05, 3.63) is 39.4 Å². The lowest BCUT2D eigenvalue weighted by atomic mass is 9.96. The summed E-state index contributed by atoms with van der Waals surface area (Å²) in [7, 11) is 0. The van der Waals surface area contributed by atoms with Crippen LogP contribution in [0.3, 0.4) is 0 Å². The Labute approximate surface area is 104 Å². The van der Waals surface area contributed by atoms with Crippen molar-refractivity contribution < 1.29 is 22.9 Å². The molecule has 0 aromatic heterocycles. The fraction of sp³-hybridized carbons (Fsp3) is 0.200. The number of halogens is 3. The van der Waals surface area contributed by atoms with Gasteiger partial charge in [-0.1, -0.05) is 0 Å². The van der Waals surface area contributed by atoms with Gasteiger partial charge in [-0.25, -0.2) is 0 Å². The van der Waals surface area contributed by atoms with Crippen LogP contribution in [-0.2, 0) is 11.0 Å². The van der Waals surface area contributed by atoms with Crippen molar-refractivity contribution in [1.82, 2.24) is 0 Å². The number of benzene rings is 1. The molecule has 1 unspecified atom stereocenters. The Morgan fingerprint density at radius 2 is 2.05 bits per heavy atom. The van der Waals surface area contributed by atoms with E-state index in [9.17, 15) is 28.1 Å². The van der Waals surface area contributed by atoms with E-state index in [0.717, 1.165) is 0 Å². The molecule has 0 aliphatic carbocycles. The molecule has 2 N–H and O–H groups in total. The van der Waals surface area contributed by atoms with E-state index in [1.54, 1.807) is 0 Å². The summed E-state index contributed by atoms with van der Waals surface area (Å²) in [6.45, 7) is 0. The molecule has 0 saturated carbocycles. The van der Waals surface area contributed by atoms with E-state index < -0.39 is 39.7 Å². The molecule has 0 fully saturated rings. The van der Waals surface area contributed by atoms with Crippen molar-refractivity contribution >= 4 is 11.6 Å². The van der Waals surface area contributed by atoms with Crippen molar-refractivity contribution in [3.8, 4) is 6.07 Å². The van der Waals surface area contributed by atoms with Crippen molar-refractivity contribution in [2.45, 2.75) is 12.1 Å². The quantitative estimate of drug-likeness (QED) is 0.667. The maximum Gasteiger partial charge on any atom is 0.416 e. The van der Waals surface area contributed by atoms with Crippen LogP contribution in [0.1, 0.15) is 17.0 Å². The number of carbonyl (C=O) groups excluding carboxylic acids is 1. The first kappa shape index (κ1) is 14.4. The number of nitro benzene ring substituents is 1. The molecule has 1 amide bonds. The van der Waals surface area contributed by atoms with Crippen molar-refractivity contribution in [2.75, 3.05) is 0 Å². The molecule has 9 heteroatoms. The van der Waals surface area contributed by atoms with E-state index in [-0.39, 0.29) is 6.07 Å². The van der Waals surface area contributed by atoms with Crippen LogP contribution in [0.4, 0.5) is 18.9 Å². The second kappa shape index (κ2) is 4.93. The molecule has 1 atom stereocenters. The Bertz CT molecular complexity index is 578. The maximum atomic E-state index is 12.4. The zero-order valence-corrected chi connectivity index (χ0v) is 9.14. The minimum absolute atomic E-state index is 0.266. The molecule has 1 aromatic carbocycles. The van der Waals surface area contributed by atoms with Crippen LogP contribution in [0, 0.1) is 21.4 Å². The number of rotatable bonds is 3. The lowest BCUT2D eigenvalue weighted by Crippen LogP contribution is -2.21. The molecule has 0 aliphatic heterocycles. The van der Waals surface area contributed by atoms with E-state index in [2.05, 4.69) is 0 Å². The molecule has 0 bridgehead atoms. The summed E-state index contributed by atoms with van der Waals surface area (Å²) in [5.41, 5.74) is 2.18. The fourth-order valence-corrected chi connectivity index (χ4v) is 1.41. The number of nitrogens with two attached hydrogens (primary N) is 1. The van der Waals surface area contributed by atoms with Crippen LogP contribution in [0.15, 0.2) is 18.2 Å². The second-order valence-electron chi connectivity index (χ2n) is 3.49. The van der Waals surface area contributed by atoms with Crippen LogP contribution < -0.4 is 5.73 Å². The lowest BCUT2D eigenvalue weighted by molar-refractivity contribution is -0.385. The number of hydrogen-bond acceptors (Lipinski definition) is 4. The van der Waals surface area contributed by atoms with Gasteiger partial charge in [-0.15, -0.1) is 0 Å². The summed E-state index contributed by atoms with van der Waals surface area (Å²) in [6, 6.07) is 2.94. The average molecular weight is 273 g/mol. The van der Waals surface area contributed by atoms with Crippen LogP contribution in [-0.4, -0.2) is 10.8 Å². The summed E-state index contributed by atoms with van der Waals surface area (Å²) < 4.78 is 37.3. The Kier molecular flexibility index (Phi) is 3.75. The SMILES string of the molecule is N#CC(C(N)=O)c1ccc(C(F)(F)F)cc1[N+](=O)[O-]. The van der Waals surface area contributed by atoms with Crippen LogP contribution in [0.5, 0.6) is 0 Å². The molecule has 19 heavy (non-hydrogen) atoms. The van der Waals surface area contributed by atoms with Gasteiger partial charge in [0.25, 0.3) is 5.69 Å². The van der Waals surface area contributed by atoms with E-state index in [0.29, 0.717) is 12.1 Å². The summed E-state index contributed by atoms with van der Waals surface area (Å²) >= 11 is 0. The number of hydrogen-bond donors (Lipinski definition) is 1. The molecule has 6 nitrogen and oxygen atoms in total. The van der Waals surface area contributed by atoms with Gasteiger partial charge in [-0.05, 0) is 12.1 Å². The third-order valence-electron chi connectivity index (χ3n) is 2.28. The molecule has 1 rings (SSSR count). The number of nitro groups is 1. The number of nitrogens with zero attached hydrogens (tertiary/aromatic N) is 2. The first-order valence-electron chi connectivity index (χ1n) is 4.73. The van der Waals surface area contributed by atoms with E-state index in [1.807, 2.05) is 0 Å². The molecular weight excluding hydrogens is 267 g/mol. The highest BCUT2D eigenvalue weighted by Crippen LogP contribution is 2.35. The zero-order chi connectivity index (χ0) is 14.8. The molecule has 0 spiro atoms. The number of alkyl halides is 3. The Morgan fingerprint density at radius 1 is 1.47 bits per heavy atom. The summed E-state index contributed by atoms with van der Waals surface area (Å²) in [5.74, 6) is -2.85. The van der Waals surface area contributed by atoms with Gasteiger partial charge in [0.2, 0.25) is 5.91 Å². The highest BCUT2D eigenvalue weighted by Gasteiger charge is 2.35. The minimum Gasteiger partial charge on any atom is -0.368 e. The Balaban J connectivity index is 3.48. The second-order valence-corrected chi connectivity index (χ2v) is 3.49. The largest absolute Gasteiger partial charge is 0.416 e.